The van der Waals surface area contributed by atoms with Gasteiger partial charge in [0, 0.05) is 45.0 Å². The van der Waals surface area contributed by atoms with Crippen LogP contribution in [-0.4, -0.2) is 41.1 Å². The summed E-state index contributed by atoms with van der Waals surface area (Å²) in [4.78, 5) is 14.4. The van der Waals surface area contributed by atoms with Crippen LogP contribution in [0.25, 0.3) is 0 Å². The summed E-state index contributed by atoms with van der Waals surface area (Å²) in [5, 5.41) is 3.27. The zero-order valence-corrected chi connectivity index (χ0v) is 15.5. The SMILES string of the molecule is Cn1cc(NCC[C@H](N)Cc2cc(F)cc(F)c2)cc1C(=O)N1CCCC1. The van der Waals surface area contributed by atoms with Gasteiger partial charge in [0.2, 0.25) is 0 Å². The summed E-state index contributed by atoms with van der Waals surface area (Å²) in [7, 11) is 1.86. The molecular weight excluding hydrogens is 350 g/mol. The van der Waals surface area contributed by atoms with E-state index >= 15 is 0 Å². The van der Waals surface area contributed by atoms with E-state index in [-0.39, 0.29) is 11.9 Å². The Kier molecular flexibility index (Phi) is 6.11. The van der Waals surface area contributed by atoms with Gasteiger partial charge in [0.1, 0.15) is 17.3 Å². The molecule has 27 heavy (non-hydrogen) atoms. The second-order valence-electron chi connectivity index (χ2n) is 7.18. The van der Waals surface area contributed by atoms with Gasteiger partial charge in [0.05, 0.1) is 5.69 Å². The Balaban J connectivity index is 1.50. The second-order valence-corrected chi connectivity index (χ2v) is 7.18. The normalized spacial score (nSPS) is 15.2. The topological polar surface area (TPSA) is 63.3 Å². The average molecular weight is 376 g/mol. The number of nitrogens with two attached hydrogens (primary N) is 1. The van der Waals surface area contributed by atoms with E-state index in [2.05, 4.69) is 5.32 Å². The third-order valence-corrected chi connectivity index (χ3v) is 4.88. The Morgan fingerprint density at radius 2 is 1.85 bits per heavy atom. The number of aryl methyl sites for hydroxylation is 1. The highest BCUT2D eigenvalue weighted by molar-refractivity contribution is 5.94. The number of carbonyl (C=O) groups is 1. The lowest BCUT2D eigenvalue weighted by atomic mass is 10.0. The molecular formula is C20H26F2N4O. The van der Waals surface area contributed by atoms with E-state index in [4.69, 9.17) is 5.73 Å². The number of amides is 1. The van der Waals surface area contributed by atoms with Gasteiger partial charge in [-0.25, -0.2) is 8.78 Å². The van der Waals surface area contributed by atoms with Gasteiger partial charge < -0.3 is 20.5 Å². The molecule has 0 radical (unpaired) electrons. The summed E-state index contributed by atoms with van der Waals surface area (Å²) in [5.74, 6) is -1.11. The number of rotatable bonds is 7. The molecule has 0 aliphatic carbocycles. The largest absolute Gasteiger partial charge is 0.384 e. The molecule has 1 aliphatic rings. The minimum atomic E-state index is -0.588. The Hall–Kier alpha value is -2.41. The fraction of sp³-hybridized carbons (Fsp3) is 0.450. The van der Waals surface area contributed by atoms with Crippen LogP contribution in [0, 0.1) is 11.6 Å². The maximum absolute atomic E-state index is 13.2. The molecule has 2 heterocycles. The molecule has 1 amide bonds. The summed E-state index contributed by atoms with van der Waals surface area (Å²) in [5.41, 5.74) is 8.17. The highest BCUT2D eigenvalue weighted by atomic mass is 19.1. The van der Waals surface area contributed by atoms with Crippen molar-refractivity contribution in [3.05, 3.63) is 53.4 Å². The van der Waals surface area contributed by atoms with Crippen molar-refractivity contribution in [2.75, 3.05) is 25.0 Å². The Labute approximate surface area is 158 Å². The van der Waals surface area contributed by atoms with Crippen molar-refractivity contribution in [2.24, 2.45) is 12.8 Å². The van der Waals surface area contributed by atoms with Crippen LogP contribution in [0.4, 0.5) is 14.5 Å². The van der Waals surface area contributed by atoms with E-state index in [0.29, 0.717) is 30.6 Å². The second kappa shape index (κ2) is 8.52. The zero-order valence-electron chi connectivity index (χ0n) is 15.5. The number of nitrogens with zero attached hydrogens (tertiary/aromatic N) is 2. The van der Waals surface area contributed by atoms with Crippen LogP contribution in [0.5, 0.6) is 0 Å². The van der Waals surface area contributed by atoms with Crippen LogP contribution in [0.1, 0.15) is 35.3 Å². The van der Waals surface area contributed by atoms with Gasteiger partial charge in [-0.15, -0.1) is 0 Å². The van der Waals surface area contributed by atoms with Crippen molar-refractivity contribution < 1.29 is 13.6 Å². The first-order chi connectivity index (χ1) is 12.9. The third kappa shape index (κ3) is 5.07. The summed E-state index contributed by atoms with van der Waals surface area (Å²) < 4.78 is 28.3. The molecule has 7 heteroatoms. The molecule has 1 aromatic heterocycles. The lowest BCUT2D eigenvalue weighted by Crippen LogP contribution is -2.29. The maximum Gasteiger partial charge on any atom is 0.270 e. The van der Waals surface area contributed by atoms with Gasteiger partial charge in [-0.1, -0.05) is 0 Å². The summed E-state index contributed by atoms with van der Waals surface area (Å²) >= 11 is 0. The number of aromatic nitrogens is 1. The van der Waals surface area contributed by atoms with Gasteiger partial charge in [-0.05, 0) is 49.4 Å². The van der Waals surface area contributed by atoms with Crippen molar-refractivity contribution in [2.45, 2.75) is 31.7 Å². The Morgan fingerprint density at radius 1 is 1.19 bits per heavy atom. The number of anilines is 1. The van der Waals surface area contributed by atoms with E-state index in [1.54, 1.807) is 0 Å². The molecule has 1 atom stereocenters. The van der Waals surface area contributed by atoms with Gasteiger partial charge in [-0.2, -0.15) is 0 Å². The predicted octanol–water partition coefficient (Wildman–Crippen LogP) is 2.91. The average Bonchev–Trinajstić information content (AvgIpc) is 3.23. The standard InChI is InChI=1S/C20H26F2N4O/c1-25-13-18(12-19(25)20(27)26-6-2-3-7-26)24-5-4-17(23)10-14-8-15(21)11-16(22)9-14/h8-9,11-13,17,24H,2-7,10,23H2,1H3/t17-/m0/s1. The zero-order chi connectivity index (χ0) is 19.4. The van der Waals surface area contributed by atoms with Gasteiger partial charge >= 0.3 is 0 Å². The number of hydrogen-bond acceptors (Lipinski definition) is 3. The predicted molar refractivity (Wildman–Crippen MR) is 102 cm³/mol. The number of nitrogens with one attached hydrogen (secondary N) is 1. The number of benzene rings is 1. The summed E-state index contributed by atoms with van der Waals surface area (Å²) in [6, 6.07) is 5.11. The monoisotopic (exact) mass is 376 g/mol. The Morgan fingerprint density at radius 3 is 2.52 bits per heavy atom. The molecule has 3 rings (SSSR count). The van der Waals surface area contributed by atoms with Crippen LogP contribution in [0.15, 0.2) is 30.5 Å². The van der Waals surface area contributed by atoms with Crippen LogP contribution in [0.3, 0.4) is 0 Å². The number of likely N-dealkylation sites (tertiary alicyclic amines) is 1. The molecule has 1 saturated heterocycles. The smallest absolute Gasteiger partial charge is 0.270 e. The van der Waals surface area contributed by atoms with Crippen molar-refractivity contribution in [1.29, 1.82) is 0 Å². The number of carbonyl (C=O) groups excluding carboxylic acids is 1. The highest BCUT2D eigenvalue weighted by Crippen LogP contribution is 2.18. The van der Waals surface area contributed by atoms with Gasteiger partial charge in [0.15, 0.2) is 0 Å². The van der Waals surface area contributed by atoms with Crippen LogP contribution < -0.4 is 11.1 Å². The van der Waals surface area contributed by atoms with Crippen LogP contribution in [-0.2, 0) is 13.5 Å². The first-order valence-electron chi connectivity index (χ1n) is 9.32. The fourth-order valence-electron chi connectivity index (χ4n) is 3.49. The molecule has 146 valence electrons. The quantitative estimate of drug-likeness (QED) is 0.781. The molecule has 1 fully saturated rings. The first kappa shape index (κ1) is 19.4. The van der Waals surface area contributed by atoms with E-state index in [9.17, 15) is 13.6 Å². The van der Waals surface area contributed by atoms with Gasteiger partial charge in [0.25, 0.3) is 5.91 Å². The number of hydrogen-bond donors (Lipinski definition) is 2. The minimum Gasteiger partial charge on any atom is -0.384 e. The maximum atomic E-state index is 13.2. The minimum absolute atomic E-state index is 0.0629. The molecule has 0 spiro atoms. The van der Waals surface area contributed by atoms with E-state index in [1.165, 1.54) is 12.1 Å². The molecule has 2 aromatic rings. The first-order valence-corrected chi connectivity index (χ1v) is 9.32. The summed E-state index contributed by atoms with van der Waals surface area (Å²) in [6.07, 6.45) is 5.06. The van der Waals surface area contributed by atoms with Crippen molar-refractivity contribution in [3.63, 3.8) is 0 Å². The van der Waals surface area contributed by atoms with Crippen LogP contribution in [0.2, 0.25) is 0 Å². The molecule has 0 unspecified atom stereocenters. The van der Waals surface area contributed by atoms with E-state index in [1.807, 2.05) is 28.8 Å². The lowest BCUT2D eigenvalue weighted by molar-refractivity contribution is 0.0783. The molecule has 0 bridgehead atoms. The molecule has 3 N–H and O–H groups in total. The molecule has 0 saturated carbocycles. The third-order valence-electron chi connectivity index (χ3n) is 4.88. The highest BCUT2D eigenvalue weighted by Gasteiger charge is 2.22. The Bertz CT molecular complexity index is 779. The summed E-state index contributed by atoms with van der Waals surface area (Å²) in [6.45, 7) is 2.25. The van der Waals surface area contributed by atoms with E-state index in [0.717, 1.165) is 37.7 Å². The van der Waals surface area contributed by atoms with E-state index < -0.39 is 11.6 Å². The number of halogens is 2. The molecule has 5 nitrogen and oxygen atoms in total. The molecule has 1 aliphatic heterocycles. The molecule has 1 aromatic carbocycles. The van der Waals surface area contributed by atoms with Crippen LogP contribution >= 0.6 is 0 Å². The lowest BCUT2D eigenvalue weighted by Gasteiger charge is -2.15. The fourth-order valence-corrected chi connectivity index (χ4v) is 3.49. The van der Waals surface area contributed by atoms with Crippen molar-refractivity contribution in [3.8, 4) is 0 Å². The van der Waals surface area contributed by atoms with Gasteiger partial charge in [-0.3, -0.25) is 4.79 Å². The van der Waals surface area contributed by atoms with Crippen molar-refractivity contribution >= 4 is 11.6 Å². The van der Waals surface area contributed by atoms with Crippen molar-refractivity contribution in [1.82, 2.24) is 9.47 Å².